The molecule has 1 aromatic carbocycles. The number of amides is 1. The number of carbonyl (C=O) groups is 1. The van der Waals surface area contributed by atoms with Crippen LogP contribution >= 0.6 is 11.6 Å². The number of rotatable bonds is 8. The number of halogens is 3. The van der Waals surface area contributed by atoms with Crippen molar-refractivity contribution in [3.05, 3.63) is 29.0 Å². The van der Waals surface area contributed by atoms with E-state index in [-0.39, 0.29) is 46.3 Å². The monoisotopic (exact) mass is 588 g/mol. The maximum atomic E-state index is 13.2. The van der Waals surface area contributed by atoms with Gasteiger partial charge in [-0.25, -0.2) is 9.78 Å². The minimum absolute atomic E-state index is 0.0743. The summed E-state index contributed by atoms with van der Waals surface area (Å²) in [7, 11) is 1.36. The van der Waals surface area contributed by atoms with Gasteiger partial charge in [0.1, 0.15) is 11.8 Å². The van der Waals surface area contributed by atoms with Gasteiger partial charge >= 0.3 is 12.7 Å². The second-order valence-corrected chi connectivity index (χ2v) is 10.4. The van der Waals surface area contributed by atoms with E-state index in [9.17, 15) is 18.8 Å². The Morgan fingerprint density at radius 2 is 1.98 bits per heavy atom. The van der Waals surface area contributed by atoms with Crippen molar-refractivity contribution < 1.29 is 23.0 Å². The second kappa shape index (κ2) is 11.0. The molecule has 2 aromatic heterocycles. The van der Waals surface area contributed by atoms with Gasteiger partial charge in [-0.3, -0.25) is 4.90 Å². The van der Waals surface area contributed by atoms with E-state index in [1.807, 2.05) is 4.90 Å². The summed E-state index contributed by atoms with van der Waals surface area (Å²) in [4.78, 5) is 26.4. The molecule has 0 radical (unpaired) electrons. The van der Waals surface area contributed by atoms with Crippen LogP contribution in [0.3, 0.4) is 0 Å². The molecule has 1 saturated carbocycles. The van der Waals surface area contributed by atoms with E-state index in [0.717, 1.165) is 12.8 Å². The zero-order chi connectivity index (χ0) is 28.7. The normalized spacial score (nSPS) is 17.9. The molecule has 0 spiro atoms. The molecule has 13 nitrogen and oxygen atoms in total. The van der Waals surface area contributed by atoms with Gasteiger partial charge in [-0.1, -0.05) is 11.6 Å². The summed E-state index contributed by atoms with van der Waals surface area (Å²) in [6, 6.07) is 5.40. The van der Waals surface area contributed by atoms with Gasteiger partial charge in [0.25, 0.3) is 0 Å². The van der Waals surface area contributed by atoms with Crippen molar-refractivity contribution in [3.8, 4) is 11.8 Å². The van der Waals surface area contributed by atoms with Crippen LogP contribution in [0.1, 0.15) is 18.5 Å². The molecule has 1 aliphatic carbocycles. The van der Waals surface area contributed by atoms with Crippen LogP contribution in [0, 0.1) is 11.3 Å². The molecule has 1 amide bonds. The summed E-state index contributed by atoms with van der Waals surface area (Å²) < 4.78 is 37.4. The lowest BCUT2D eigenvalue weighted by molar-refractivity contribution is -0.0497. The zero-order valence-electron chi connectivity index (χ0n) is 22.1. The number of hydrogen-bond acceptors (Lipinski definition) is 11. The van der Waals surface area contributed by atoms with Gasteiger partial charge in [-0.15, -0.1) is 5.10 Å². The van der Waals surface area contributed by atoms with Gasteiger partial charge in [0.2, 0.25) is 5.95 Å². The summed E-state index contributed by atoms with van der Waals surface area (Å²) in [6.45, 7) is 0.751. The van der Waals surface area contributed by atoms with E-state index in [1.54, 1.807) is 4.90 Å². The number of likely N-dealkylation sites (tertiary alicyclic amines) is 1. The Morgan fingerprint density at radius 1 is 1.22 bits per heavy atom. The molecule has 3 aliphatic rings. The highest BCUT2D eigenvalue weighted by Gasteiger charge is 2.37. The van der Waals surface area contributed by atoms with Crippen molar-refractivity contribution in [2.24, 2.45) is 0 Å². The lowest BCUT2D eigenvalue weighted by atomic mass is 10.1. The van der Waals surface area contributed by atoms with Crippen LogP contribution in [-0.2, 0) is 4.74 Å². The largest absolute Gasteiger partial charge is 0.453 e. The molecule has 4 heterocycles. The fourth-order valence-corrected chi connectivity index (χ4v) is 5.29. The first kappa shape index (κ1) is 27.0. The Kier molecular flexibility index (Phi) is 7.26. The summed E-state index contributed by atoms with van der Waals surface area (Å²) in [5, 5.41) is 20.5. The third kappa shape index (κ3) is 5.57. The highest BCUT2D eigenvalue weighted by Crippen LogP contribution is 2.40. The van der Waals surface area contributed by atoms with Crippen LogP contribution in [0.5, 0.6) is 5.75 Å². The maximum Gasteiger partial charge on any atom is 0.409 e. The number of benzene rings is 1. The van der Waals surface area contributed by atoms with E-state index in [2.05, 4.69) is 36.7 Å². The molecule has 2 N–H and O–H groups in total. The quantitative estimate of drug-likeness (QED) is 0.401. The Morgan fingerprint density at radius 3 is 2.63 bits per heavy atom. The van der Waals surface area contributed by atoms with E-state index in [4.69, 9.17) is 21.1 Å². The number of anilines is 4. The van der Waals surface area contributed by atoms with E-state index in [0.29, 0.717) is 56.4 Å². The number of piperazine rings is 1. The molecule has 0 unspecified atom stereocenters. The molecule has 216 valence electrons. The van der Waals surface area contributed by atoms with Crippen molar-refractivity contribution in [1.29, 1.82) is 5.26 Å². The van der Waals surface area contributed by atoms with E-state index >= 15 is 0 Å². The Hall–Kier alpha value is -4.16. The van der Waals surface area contributed by atoms with Gasteiger partial charge in [-0.2, -0.15) is 23.5 Å². The van der Waals surface area contributed by atoms with Crippen molar-refractivity contribution in [3.63, 3.8) is 0 Å². The van der Waals surface area contributed by atoms with Gasteiger partial charge < -0.3 is 29.9 Å². The first-order valence-corrected chi connectivity index (χ1v) is 13.5. The molecule has 2 saturated heterocycles. The van der Waals surface area contributed by atoms with Crippen molar-refractivity contribution in [2.75, 3.05) is 61.9 Å². The summed E-state index contributed by atoms with van der Waals surface area (Å²) in [6.07, 6.45) is 3.05. The number of hydrogen-bond donors (Lipinski definition) is 2. The number of nitriles is 1. The average molecular weight is 589 g/mol. The number of carbonyl (C=O) groups excluding carboxylic acids is 1. The van der Waals surface area contributed by atoms with Gasteiger partial charge in [-0.05, 0) is 12.8 Å². The Bertz CT molecular complexity index is 1500. The second-order valence-electron chi connectivity index (χ2n) is 10.1. The first-order chi connectivity index (χ1) is 19.8. The van der Waals surface area contributed by atoms with Crippen molar-refractivity contribution >= 4 is 46.5 Å². The molecule has 0 bridgehead atoms. The average Bonchev–Trinajstić information content (AvgIpc) is 3.65. The lowest BCUT2D eigenvalue weighted by Crippen LogP contribution is -2.64. The highest BCUT2D eigenvalue weighted by atomic mass is 35.5. The highest BCUT2D eigenvalue weighted by molar-refractivity contribution is 6.36. The lowest BCUT2D eigenvalue weighted by Gasteiger charge is -2.47. The number of fused-ring (bicyclic) bond motifs is 1. The third-order valence-corrected chi connectivity index (χ3v) is 7.76. The minimum Gasteiger partial charge on any atom is -0.453 e. The molecule has 6 rings (SSSR count). The van der Waals surface area contributed by atoms with Crippen molar-refractivity contribution in [2.45, 2.75) is 31.5 Å². The summed E-state index contributed by atoms with van der Waals surface area (Å²) in [5.74, 6) is 0.470. The van der Waals surface area contributed by atoms with E-state index < -0.39 is 6.61 Å². The van der Waals surface area contributed by atoms with Crippen LogP contribution in [0.15, 0.2) is 18.3 Å². The summed E-state index contributed by atoms with van der Waals surface area (Å²) >= 11 is 6.84. The first-order valence-electron chi connectivity index (χ1n) is 13.1. The molecular weight excluding hydrogens is 562 g/mol. The standard InChI is InChI=1S/C25H27ClF2N10O3/c1-40-25(39)37-12-16(13-37)35-4-6-36(7-5-35)19-9-17(41-23(27)28)8-18(20(19)26)32-24-33-21(31-14-2-3-14)22-30-11-15(10-29)38(22)34-24/h8-9,11,14,16,23H,2-7,12-13H2,1H3,(H2,31,32,33,34). The smallest absolute Gasteiger partial charge is 0.409 e. The third-order valence-electron chi connectivity index (χ3n) is 7.36. The molecular formula is C25H27ClF2N10O3. The Balaban J connectivity index is 1.24. The van der Waals surface area contributed by atoms with E-state index in [1.165, 1.54) is 30.0 Å². The predicted octanol–water partition coefficient (Wildman–Crippen LogP) is 3.14. The Labute approximate surface area is 238 Å². The number of alkyl halides is 2. The zero-order valence-corrected chi connectivity index (χ0v) is 22.8. The fourth-order valence-electron chi connectivity index (χ4n) is 5.02. The molecule has 2 aliphatic heterocycles. The predicted molar refractivity (Wildman–Crippen MR) is 145 cm³/mol. The molecule has 3 aromatic rings. The SMILES string of the molecule is COC(=O)N1CC(N2CCN(c3cc(OC(F)F)cc(Nc4nc(NC5CC5)c5ncc(C#N)n5n4)c3Cl)CC2)C1. The molecule has 0 atom stereocenters. The number of aromatic nitrogens is 4. The fraction of sp³-hybridized carbons (Fsp3) is 0.480. The van der Waals surface area contributed by atoms with Gasteiger partial charge in [0.05, 0.1) is 29.7 Å². The molecule has 3 fully saturated rings. The molecule has 41 heavy (non-hydrogen) atoms. The summed E-state index contributed by atoms with van der Waals surface area (Å²) in [5.41, 5.74) is 1.41. The van der Waals surface area contributed by atoms with Gasteiger partial charge in [0.15, 0.2) is 17.2 Å². The van der Waals surface area contributed by atoms with Crippen LogP contribution in [0.4, 0.5) is 36.7 Å². The number of methoxy groups -OCH3 is 1. The minimum atomic E-state index is -3.03. The van der Waals surface area contributed by atoms with Crippen LogP contribution in [0.2, 0.25) is 5.02 Å². The van der Waals surface area contributed by atoms with Gasteiger partial charge in [0, 0.05) is 63.5 Å². The van der Waals surface area contributed by atoms with Crippen LogP contribution < -0.4 is 20.3 Å². The van der Waals surface area contributed by atoms with Crippen LogP contribution in [-0.4, -0.2) is 101 Å². The molecule has 16 heteroatoms. The number of nitrogens with one attached hydrogen (secondary N) is 2. The topological polar surface area (TPSA) is 136 Å². The van der Waals surface area contributed by atoms with Crippen LogP contribution in [0.25, 0.3) is 5.65 Å². The maximum absolute atomic E-state index is 13.2. The number of ether oxygens (including phenoxy) is 2. The number of nitrogens with zero attached hydrogens (tertiary/aromatic N) is 8. The van der Waals surface area contributed by atoms with Crippen molar-refractivity contribution in [1.82, 2.24) is 29.4 Å². The number of imidazole rings is 1.